The van der Waals surface area contributed by atoms with Crippen LogP contribution in [-0.2, 0) is 9.59 Å². The lowest BCUT2D eigenvalue weighted by Gasteiger charge is -2.37. The Morgan fingerprint density at radius 1 is 1.18 bits per heavy atom. The number of aryl methyl sites for hydroxylation is 2. The Kier molecular flexibility index (Phi) is 5.88. The predicted octanol–water partition coefficient (Wildman–Crippen LogP) is 1.74. The van der Waals surface area contributed by atoms with Gasteiger partial charge in [0.05, 0.1) is 12.6 Å². The van der Waals surface area contributed by atoms with Gasteiger partial charge in [-0.15, -0.1) is 0 Å². The monoisotopic (exact) mass is 395 g/mol. The van der Waals surface area contributed by atoms with Gasteiger partial charge < -0.3 is 14.5 Å². The van der Waals surface area contributed by atoms with Crippen molar-refractivity contribution in [1.29, 1.82) is 0 Å². The van der Waals surface area contributed by atoms with E-state index >= 15 is 0 Å². The summed E-state index contributed by atoms with van der Waals surface area (Å²) >= 11 is 0. The van der Waals surface area contributed by atoms with Crippen molar-refractivity contribution in [1.82, 2.24) is 15.1 Å². The van der Waals surface area contributed by atoms with E-state index in [2.05, 4.69) is 5.32 Å². The molecule has 2 unspecified atom stereocenters. The average Bonchev–Trinajstić information content (AvgIpc) is 3.02. The van der Waals surface area contributed by atoms with Crippen molar-refractivity contribution in [2.75, 3.05) is 32.7 Å². The second kappa shape index (κ2) is 8.03. The lowest BCUT2D eigenvalue weighted by Crippen LogP contribution is -2.55. The number of halogens is 2. The minimum atomic E-state index is -2.83. The summed E-state index contributed by atoms with van der Waals surface area (Å²) in [4.78, 5) is 28.3. The molecule has 0 radical (unpaired) electrons. The molecule has 1 aromatic rings. The van der Waals surface area contributed by atoms with E-state index in [1.165, 1.54) is 0 Å². The highest BCUT2D eigenvalue weighted by Crippen LogP contribution is 2.26. The molecule has 0 aromatic heterocycles. The maximum Gasteiger partial charge on any atom is 0.263 e. The quantitative estimate of drug-likeness (QED) is 0.844. The first kappa shape index (κ1) is 20.5. The third kappa shape index (κ3) is 4.60. The SMILES string of the molecule is Cc1ccc(OC(C)C(=O)N2CCN(C(=O)C3CC(F)(F)CN3)CC2)c(C)c1. The van der Waals surface area contributed by atoms with Gasteiger partial charge in [0.15, 0.2) is 6.10 Å². The first-order valence-electron chi connectivity index (χ1n) is 9.59. The molecule has 6 nitrogen and oxygen atoms in total. The normalized spacial score (nSPS) is 22.8. The molecule has 0 bridgehead atoms. The van der Waals surface area contributed by atoms with Crippen molar-refractivity contribution in [2.45, 2.75) is 45.3 Å². The highest BCUT2D eigenvalue weighted by molar-refractivity contribution is 5.84. The summed E-state index contributed by atoms with van der Waals surface area (Å²) in [6, 6.07) is 4.95. The van der Waals surface area contributed by atoms with Crippen LogP contribution in [0.15, 0.2) is 18.2 Å². The van der Waals surface area contributed by atoms with Gasteiger partial charge in [-0.1, -0.05) is 17.7 Å². The standard InChI is InChI=1S/C20H27F2N3O3/c1-13-4-5-17(14(2)10-13)28-15(3)18(26)24-6-8-25(9-7-24)19(27)16-11-20(21,22)12-23-16/h4-5,10,15-16,23H,6-9,11-12H2,1-3H3. The number of carbonyl (C=O) groups excluding carboxylic acids is 2. The summed E-state index contributed by atoms with van der Waals surface area (Å²) in [5.41, 5.74) is 2.09. The van der Waals surface area contributed by atoms with E-state index in [4.69, 9.17) is 4.74 Å². The van der Waals surface area contributed by atoms with Gasteiger partial charge in [0.2, 0.25) is 5.91 Å². The van der Waals surface area contributed by atoms with Crippen LogP contribution in [0.5, 0.6) is 5.75 Å². The zero-order valence-electron chi connectivity index (χ0n) is 16.5. The summed E-state index contributed by atoms with van der Waals surface area (Å²) in [6.45, 7) is 6.59. The van der Waals surface area contributed by atoms with E-state index in [0.717, 1.165) is 11.1 Å². The van der Waals surface area contributed by atoms with E-state index in [0.29, 0.717) is 31.9 Å². The van der Waals surface area contributed by atoms with Crippen molar-refractivity contribution in [3.05, 3.63) is 29.3 Å². The molecule has 0 aliphatic carbocycles. The molecule has 0 spiro atoms. The van der Waals surface area contributed by atoms with Gasteiger partial charge in [-0.2, -0.15) is 0 Å². The molecule has 2 amide bonds. The molecular weight excluding hydrogens is 368 g/mol. The molecule has 2 fully saturated rings. The van der Waals surface area contributed by atoms with E-state index in [9.17, 15) is 18.4 Å². The summed E-state index contributed by atoms with van der Waals surface area (Å²) in [7, 11) is 0. The van der Waals surface area contributed by atoms with Crippen LogP contribution in [0, 0.1) is 13.8 Å². The topological polar surface area (TPSA) is 61.9 Å². The lowest BCUT2D eigenvalue weighted by molar-refractivity contribution is -0.144. The Morgan fingerprint density at radius 2 is 1.82 bits per heavy atom. The van der Waals surface area contributed by atoms with Gasteiger partial charge >= 0.3 is 0 Å². The van der Waals surface area contributed by atoms with Gasteiger partial charge in [0.25, 0.3) is 11.8 Å². The van der Waals surface area contributed by atoms with Crippen molar-refractivity contribution in [2.24, 2.45) is 0 Å². The Bertz CT molecular complexity index is 748. The number of alkyl halides is 2. The van der Waals surface area contributed by atoms with Crippen molar-refractivity contribution in [3.63, 3.8) is 0 Å². The maximum absolute atomic E-state index is 13.3. The number of hydrogen-bond donors (Lipinski definition) is 1. The lowest BCUT2D eigenvalue weighted by atomic mass is 10.1. The predicted molar refractivity (Wildman–Crippen MR) is 101 cm³/mol. The van der Waals surface area contributed by atoms with Crippen LogP contribution in [0.2, 0.25) is 0 Å². The molecule has 2 atom stereocenters. The number of amides is 2. The number of nitrogens with zero attached hydrogens (tertiary/aromatic N) is 2. The van der Waals surface area contributed by atoms with Crippen LogP contribution in [0.4, 0.5) is 8.78 Å². The third-order valence-corrected chi connectivity index (χ3v) is 5.29. The molecule has 1 aromatic carbocycles. The van der Waals surface area contributed by atoms with Gasteiger partial charge in [-0.25, -0.2) is 8.78 Å². The molecule has 28 heavy (non-hydrogen) atoms. The molecule has 1 N–H and O–H groups in total. The zero-order valence-corrected chi connectivity index (χ0v) is 16.5. The molecule has 2 aliphatic rings. The Labute approximate surface area is 163 Å². The fraction of sp³-hybridized carbons (Fsp3) is 0.600. The highest BCUT2D eigenvalue weighted by atomic mass is 19.3. The van der Waals surface area contributed by atoms with Crippen LogP contribution in [-0.4, -0.2) is 72.4 Å². The van der Waals surface area contributed by atoms with Crippen LogP contribution in [0.3, 0.4) is 0 Å². The number of benzene rings is 1. The minimum Gasteiger partial charge on any atom is -0.481 e. The van der Waals surface area contributed by atoms with E-state index in [1.54, 1.807) is 16.7 Å². The number of ether oxygens (including phenoxy) is 1. The van der Waals surface area contributed by atoms with Crippen LogP contribution in [0.25, 0.3) is 0 Å². The summed E-state index contributed by atoms with van der Waals surface area (Å²) < 4.78 is 32.4. The largest absolute Gasteiger partial charge is 0.481 e. The minimum absolute atomic E-state index is 0.141. The average molecular weight is 395 g/mol. The molecule has 8 heteroatoms. The van der Waals surface area contributed by atoms with Crippen molar-refractivity contribution < 1.29 is 23.1 Å². The molecule has 3 rings (SSSR count). The Morgan fingerprint density at radius 3 is 2.39 bits per heavy atom. The van der Waals surface area contributed by atoms with Gasteiger partial charge in [0.1, 0.15) is 5.75 Å². The third-order valence-electron chi connectivity index (χ3n) is 5.29. The maximum atomic E-state index is 13.3. The highest BCUT2D eigenvalue weighted by Gasteiger charge is 2.44. The first-order chi connectivity index (χ1) is 13.2. The number of carbonyl (C=O) groups is 2. The van der Waals surface area contributed by atoms with Crippen LogP contribution in [0.1, 0.15) is 24.5 Å². The number of rotatable bonds is 4. The Hall–Kier alpha value is -2.22. The van der Waals surface area contributed by atoms with E-state index in [-0.39, 0.29) is 11.8 Å². The van der Waals surface area contributed by atoms with Gasteiger partial charge in [-0.3, -0.25) is 14.9 Å². The number of nitrogens with one attached hydrogen (secondary N) is 1. The Balaban J connectivity index is 1.51. The van der Waals surface area contributed by atoms with Gasteiger partial charge in [-0.05, 0) is 32.4 Å². The second-order valence-corrected chi connectivity index (χ2v) is 7.67. The molecule has 0 saturated carbocycles. The summed E-state index contributed by atoms with van der Waals surface area (Å²) in [5.74, 6) is -2.62. The van der Waals surface area contributed by atoms with Crippen molar-refractivity contribution >= 4 is 11.8 Å². The second-order valence-electron chi connectivity index (χ2n) is 7.67. The number of piperazine rings is 1. The zero-order chi connectivity index (χ0) is 20.5. The van der Waals surface area contributed by atoms with Crippen molar-refractivity contribution in [3.8, 4) is 5.75 Å². The molecule has 2 saturated heterocycles. The smallest absolute Gasteiger partial charge is 0.263 e. The van der Waals surface area contributed by atoms with Crippen LogP contribution >= 0.6 is 0 Å². The number of hydrogen-bond acceptors (Lipinski definition) is 4. The summed E-state index contributed by atoms with van der Waals surface area (Å²) in [5, 5.41) is 2.59. The van der Waals surface area contributed by atoms with Crippen LogP contribution < -0.4 is 10.1 Å². The molecule has 2 aliphatic heterocycles. The van der Waals surface area contributed by atoms with Gasteiger partial charge in [0, 0.05) is 32.6 Å². The fourth-order valence-corrected chi connectivity index (χ4v) is 3.69. The van der Waals surface area contributed by atoms with E-state index in [1.807, 2.05) is 32.0 Å². The molecule has 2 heterocycles. The van der Waals surface area contributed by atoms with E-state index < -0.39 is 31.0 Å². The molecular formula is C20H27F2N3O3. The fourth-order valence-electron chi connectivity index (χ4n) is 3.69. The molecule has 154 valence electrons. The first-order valence-corrected chi connectivity index (χ1v) is 9.59. The summed E-state index contributed by atoms with van der Waals surface area (Å²) in [6.07, 6.45) is -1.11.